The van der Waals surface area contributed by atoms with Crippen molar-refractivity contribution < 1.29 is 32.7 Å². The van der Waals surface area contributed by atoms with E-state index in [0.29, 0.717) is 5.56 Å². The van der Waals surface area contributed by atoms with Gasteiger partial charge in [0.15, 0.2) is 5.75 Å². The van der Waals surface area contributed by atoms with Gasteiger partial charge in [-0.25, -0.2) is 0 Å². The number of benzene rings is 1. The fourth-order valence-electron chi connectivity index (χ4n) is 1.45. The Kier molecular flexibility index (Phi) is 6.38. The molecule has 118 valence electrons. The summed E-state index contributed by atoms with van der Waals surface area (Å²) >= 11 is 0. The zero-order valence-corrected chi connectivity index (χ0v) is 10.9. The van der Waals surface area contributed by atoms with Crippen molar-refractivity contribution in [1.82, 2.24) is 0 Å². The Morgan fingerprint density at radius 3 is 2.57 bits per heavy atom. The molecule has 0 bridgehead atoms. The average Bonchev–Trinajstić information content (AvgIpc) is 2.41. The van der Waals surface area contributed by atoms with Crippen LogP contribution >= 0.6 is 0 Å². The van der Waals surface area contributed by atoms with Gasteiger partial charge in [-0.1, -0.05) is 0 Å². The topological polar surface area (TPSA) is 81.8 Å². The Labute approximate surface area is 118 Å². The number of nitro benzene ring substituents is 1. The molecule has 1 rings (SSSR count). The van der Waals surface area contributed by atoms with Crippen molar-refractivity contribution in [3.63, 3.8) is 0 Å². The summed E-state index contributed by atoms with van der Waals surface area (Å²) in [5.41, 5.74) is 0.160. The molecule has 0 unspecified atom stereocenters. The summed E-state index contributed by atoms with van der Waals surface area (Å²) in [6.07, 6.45) is -4.23. The molecule has 0 atom stereocenters. The number of aliphatic hydroxyl groups excluding tert-OH is 1. The summed E-state index contributed by atoms with van der Waals surface area (Å²) in [5, 5.41) is 19.7. The van der Waals surface area contributed by atoms with E-state index < -0.39 is 17.7 Å². The van der Waals surface area contributed by atoms with Gasteiger partial charge in [0.1, 0.15) is 6.61 Å². The smallest absolute Gasteiger partial charge is 0.411 e. The summed E-state index contributed by atoms with van der Waals surface area (Å²) in [7, 11) is 0. The summed E-state index contributed by atoms with van der Waals surface area (Å²) in [6.45, 7) is -1.85. The molecule has 9 heteroatoms. The minimum absolute atomic E-state index is 0.0341. The van der Waals surface area contributed by atoms with E-state index in [1.165, 1.54) is 18.2 Å². The lowest BCUT2D eigenvalue weighted by molar-refractivity contribution is -0.385. The van der Waals surface area contributed by atoms with E-state index in [2.05, 4.69) is 4.74 Å². The SMILES string of the molecule is O=[N+]([O-])c1ccc(CO)cc1OCCCOCC(F)(F)F. The lowest BCUT2D eigenvalue weighted by atomic mass is 10.2. The number of hydrogen-bond donors (Lipinski definition) is 1. The van der Waals surface area contributed by atoms with Crippen molar-refractivity contribution in [3.05, 3.63) is 33.9 Å². The van der Waals surface area contributed by atoms with Crippen molar-refractivity contribution >= 4 is 5.69 Å². The first-order chi connectivity index (χ1) is 9.83. The van der Waals surface area contributed by atoms with Crippen LogP contribution < -0.4 is 4.74 Å². The molecule has 6 nitrogen and oxygen atoms in total. The van der Waals surface area contributed by atoms with Gasteiger partial charge >= 0.3 is 11.9 Å². The quantitative estimate of drug-likeness (QED) is 0.453. The van der Waals surface area contributed by atoms with Crippen molar-refractivity contribution in [2.45, 2.75) is 19.2 Å². The van der Waals surface area contributed by atoms with Crippen molar-refractivity contribution in [2.24, 2.45) is 0 Å². The largest absolute Gasteiger partial charge is 0.487 e. The zero-order chi connectivity index (χ0) is 15.9. The summed E-state index contributed by atoms with van der Waals surface area (Å²) in [5.74, 6) is -0.0395. The Morgan fingerprint density at radius 1 is 1.29 bits per heavy atom. The third kappa shape index (κ3) is 6.41. The highest BCUT2D eigenvalue weighted by Crippen LogP contribution is 2.28. The third-order valence-corrected chi connectivity index (χ3v) is 2.36. The molecule has 0 aliphatic heterocycles. The normalized spacial score (nSPS) is 11.4. The van der Waals surface area contributed by atoms with Gasteiger partial charge in [0.2, 0.25) is 0 Å². The van der Waals surface area contributed by atoms with Crippen LogP contribution in [-0.2, 0) is 11.3 Å². The number of nitrogens with zero attached hydrogens (tertiary/aromatic N) is 1. The van der Waals surface area contributed by atoms with Crippen LogP contribution in [0.5, 0.6) is 5.75 Å². The molecule has 0 radical (unpaired) electrons. The fourth-order valence-corrected chi connectivity index (χ4v) is 1.45. The number of aliphatic hydroxyl groups is 1. The fraction of sp³-hybridized carbons (Fsp3) is 0.500. The van der Waals surface area contributed by atoms with E-state index in [1.54, 1.807) is 0 Å². The van der Waals surface area contributed by atoms with Crippen LogP contribution in [0, 0.1) is 10.1 Å². The molecule has 0 aliphatic carbocycles. The second-order valence-electron chi connectivity index (χ2n) is 4.09. The van der Waals surface area contributed by atoms with Crippen LogP contribution in [0.2, 0.25) is 0 Å². The number of alkyl halides is 3. The van der Waals surface area contributed by atoms with Gasteiger partial charge in [-0.2, -0.15) is 13.2 Å². The third-order valence-electron chi connectivity index (χ3n) is 2.36. The molecule has 0 amide bonds. The first kappa shape index (κ1) is 17.2. The van der Waals surface area contributed by atoms with Gasteiger partial charge in [0.25, 0.3) is 0 Å². The van der Waals surface area contributed by atoms with E-state index in [1.807, 2.05) is 0 Å². The minimum Gasteiger partial charge on any atom is -0.487 e. The molecule has 0 aromatic heterocycles. The van der Waals surface area contributed by atoms with Crippen molar-refractivity contribution in [1.29, 1.82) is 0 Å². The van der Waals surface area contributed by atoms with E-state index in [0.717, 1.165) is 0 Å². The molecule has 0 fully saturated rings. The molecule has 0 spiro atoms. The lowest BCUT2D eigenvalue weighted by Crippen LogP contribution is -2.18. The van der Waals surface area contributed by atoms with E-state index in [-0.39, 0.29) is 37.7 Å². The maximum absolute atomic E-state index is 11.8. The Balaban J connectivity index is 2.45. The summed E-state index contributed by atoms with van der Waals surface area (Å²) in [6, 6.07) is 3.90. The number of ether oxygens (including phenoxy) is 2. The highest BCUT2D eigenvalue weighted by molar-refractivity contribution is 5.48. The van der Waals surface area contributed by atoms with Crippen LogP contribution in [0.1, 0.15) is 12.0 Å². The molecule has 0 saturated carbocycles. The number of hydrogen-bond acceptors (Lipinski definition) is 5. The highest BCUT2D eigenvalue weighted by Gasteiger charge is 2.27. The van der Waals surface area contributed by atoms with E-state index in [4.69, 9.17) is 9.84 Å². The first-order valence-electron chi connectivity index (χ1n) is 5.99. The molecular formula is C12H14F3NO5. The molecule has 1 aromatic rings. The van der Waals surface area contributed by atoms with Crippen LogP contribution in [0.25, 0.3) is 0 Å². The lowest BCUT2D eigenvalue weighted by Gasteiger charge is -2.09. The maximum Gasteiger partial charge on any atom is 0.411 e. The molecule has 21 heavy (non-hydrogen) atoms. The van der Waals surface area contributed by atoms with Crippen LogP contribution in [-0.4, -0.2) is 36.0 Å². The van der Waals surface area contributed by atoms with Crippen LogP contribution in [0.3, 0.4) is 0 Å². The van der Waals surface area contributed by atoms with Crippen molar-refractivity contribution in [3.8, 4) is 5.75 Å². The highest BCUT2D eigenvalue weighted by atomic mass is 19.4. The summed E-state index contributed by atoms with van der Waals surface area (Å²) < 4.78 is 44.9. The second-order valence-corrected chi connectivity index (χ2v) is 4.09. The Bertz CT molecular complexity index is 478. The predicted octanol–water partition coefficient (Wildman–Crippen LogP) is 2.43. The first-order valence-corrected chi connectivity index (χ1v) is 5.99. The molecule has 0 saturated heterocycles. The standard InChI is InChI=1S/C12H14F3NO5/c13-12(14,15)8-20-4-1-5-21-11-6-9(7-17)2-3-10(11)16(18)19/h2-3,6,17H,1,4-5,7-8H2. The monoisotopic (exact) mass is 309 g/mol. The maximum atomic E-state index is 11.8. The van der Waals surface area contributed by atoms with Crippen LogP contribution in [0.4, 0.5) is 18.9 Å². The van der Waals surface area contributed by atoms with Gasteiger partial charge in [-0.15, -0.1) is 0 Å². The van der Waals surface area contributed by atoms with Gasteiger partial charge in [0, 0.05) is 12.5 Å². The van der Waals surface area contributed by atoms with Crippen LogP contribution in [0.15, 0.2) is 18.2 Å². The molecule has 0 aliphatic rings. The van der Waals surface area contributed by atoms with E-state index >= 15 is 0 Å². The Morgan fingerprint density at radius 2 is 2.00 bits per heavy atom. The van der Waals surface area contributed by atoms with E-state index in [9.17, 15) is 23.3 Å². The predicted molar refractivity (Wildman–Crippen MR) is 66.0 cm³/mol. The molecule has 1 N–H and O–H groups in total. The second kappa shape index (κ2) is 7.79. The molecule has 0 heterocycles. The zero-order valence-electron chi connectivity index (χ0n) is 10.9. The molecular weight excluding hydrogens is 295 g/mol. The van der Waals surface area contributed by atoms with Gasteiger partial charge in [-0.05, 0) is 17.7 Å². The average molecular weight is 309 g/mol. The van der Waals surface area contributed by atoms with Gasteiger partial charge in [0.05, 0.1) is 24.7 Å². The number of halogens is 3. The van der Waals surface area contributed by atoms with Gasteiger partial charge < -0.3 is 14.6 Å². The summed E-state index contributed by atoms with van der Waals surface area (Å²) in [4.78, 5) is 10.1. The Hall–Kier alpha value is -1.87. The molecule has 1 aromatic carbocycles. The number of nitro groups is 1. The minimum atomic E-state index is -4.38. The van der Waals surface area contributed by atoms with Crippen molar-refractivity contribution in [2.75, 3.05) is 19.8 Å². The van der Waals surface area contributed by atoms with Gasteiger partial charge in [-0.3, -0.25) is 10.1 Å². The number of rotatable bonds is 8.